The lowest BCUT2D eigenvalue weighted by molar-refractivity contribution is 0.242. The van der Waals surface area contributed by atoms with Crippen LogP contribution in [0.15, 0.2) is 39.9 Å². The van der Waals surface area contributed by atoms with Gasteiger partial charge in [0.1, 0.15) is 11.8 Å². The molecule has 0 bridgehead atoms. The zero-order valence-electron chi connectivity index (χ0n) is 15.7. The molecule has 1 aliphatic carbocycles. The van der Waals surface area contributed by atoms with Crippen molar-refractivity contribution >= 4 is 5.57 Å². The molecular formula is C21H23N3O2. The number of hydrogen-bond donors (Lipinski definition) is 0. The van der Waals surface area contributed by atoms with Gasteiger partial charge in [0.2, 0.25) is 5.82 Å². The first-order chi connectivity index (χ1) is 12.5. The summed E-state index contributed by atoms with van der Waals surface area (Å²) in [6.45, 7) is 8.02. The minimum absolute atomic E-state index is 0.00290. The van der Waals surface area contributed by atoms with Gasteiger partial charge in [-0.1, -0.05) is 16.8 Å². The molecule has 1 aromatic carbocycles. The number of nitrogens with zero attached hydrogens (tertiary/aromatic N) is 3. The van der Waals surface area contributed by atoms with Crippen molar-refractivity contribution in [2.24, 2.45) is 0 Å². The van der Waals surface area contributed by atoms with Crippen molar-refractivity contribution < 1.29 is 9.26 Å². The van der Waals surface area contributed by atoms with Crippen LogP contribution in [0.25, 0.3) is 17.0 Å². The van der Waals surface area contributed by atoms with Crippen LogP contribution in [-0.4, -0.2) is 16.2 Å². The Labute approximate surface area is 154 Å². The first-order valence-corrected chi connectivity index (χ1v) is 8.94. The molecule has 5 heteroatoms. The fourth-order valence-electron chi connectivity index (χ4n) is 3.25. The molecule has 0 atom stereocenters. The number of rotatable bonds is 5. The summed E-state index contributed by atoms with van der Waals surface area (Å²) in [7, 11) is 0. The number of allylic oxidation sites excluding steroid dienone is 4. The summed E-state index contributed by atoms with van der Waals surface area (Å²) in [5.74, 6) is 1.56. The van der Waals surface area contributed by atoms with E-state index in [0.29, 0.717) is 28.6 Å². The third kappa shape index (κ3) is 3.55. The largest absolute Gasteiger partial charge is 0.490 e. The smallest absolute Gasteiger partial charge is 0.258 e. The fourth-order valence-corrected chi connectivity index (χ4v) is 3.25. The molecule has 0 unspecified atom stereocenters. The van der Waals surface area contributed by atoms with E-state index in [4.69, 9.17) is 9.26 Å². The SMILES string of the molecule is C/C=C(\C1=C(C)CCC1)c1noc(-c2ccc(OC(C)C)c(C#N)c2)n1. The van der Waals surface area contributed by atoms with Crippen molar-refractivity contribution in [3.63, 3.8) is 0 Å². The topological polar surface area (TPSA) is 71.9 Å². The van der Waals surface area contributed by atoms with Crippen molar-refractivity contribution in [3.05, 3.63) is 46.8 Å². The van der Waals surface area contributed by atoms with Crippen molar-refractivity contribution in [1.82, 2.24) is 10.1 Å². The Morgan fingerprint density at radius 1 is 1.35 bits per heavy atom. The summed E-state index contributed by atoms with van der Waals surface area (Å²) in [6.07, 6.45) is 5.39. The summed E-state index contributed by atoms with van der Waals surface area (Å²) in [4.78, 5) is 4.57. The summed E-state index contributed by atoms with van der Waals surface area (Å²) in [5.41, 5.74) is 4.92. The van der Waals surface area contributed by atoms with Gasteiger partial charge < -0.3 is 9.26 Å². The van der Waals surface area contributed by atoms with Crippen LogP contribution in [0.1, 0.15) is 58.3 Å². The van der Waals surface area contributed by atoms with Gasteiger partial charge in [-0.15, -0.1) is 0 Å². The van der Waals surface area contributed by atoms with Gasteiger partial charge in [0.05, 0.1) is 11.7 Å². The maximum absolute atomic E-state index is 9.40. The summed E-state index contributed by atoms with van der Waals surface area (Å²) in [5, 5.41) is 13.6. The average molecular weight is 349 g/mol. The van der Waals surface area contributed by atoms with Crippen molar-refractivity contribution in [3.8, 4) is 23.3 Å². The van der Waals surface area contributed by atoms with Gasteiger partial charge in [0, 0.05) is 11.1 Å². The molecule has 1 heterocycles. The highest BCUT2D eigenvalue weighted by Crippen LogP contribution is 2.36. The van der Waals surface area contributed by atoms with Crippen LogP contribution >= 0.6 is 0 Å². The molecular weight excluding hydrogens is 326 g/mol. The Balaban J connectivity index is 1.93. The molecule has 0 amide bonds. The third-order valence-corrected chi connectivity index (χ3v) is 4.48. The Morgan fingerprint density at radius 2 is 2.15 bits per heavy atom. The predicted molar refractivity (Wildman–Crippen MR) is 100 cm³/mol. The Hall–Kier alpha value is -2.87. The molecule has 0 fully saturated rings. The van der Waals surface area contributed by atoms with Crippen LogP contribution in [0.5, 0.6) is 5.75 Å². The Bertz CT molecular complexity index is 914. The quantitative estimate of drug-likeness (QED) is 0.732. The van der Waals surface area contributed by atoms with Crippen molar-refractivity contribution in [2.45, 2.75) is 53.1 Å². The van der Waals surface area contributed by atoms with E-state index in [2.05, 4.69) is 23.1 Å². The van der Waals surface area contributed by atoms with E-state index < -0.39 is 0 Å². The minimum atomic E-state index is 0.00290. The van der Waals surface area contributed by atoms with E-state index in [-0.39, 0.29) is 6.10 Å². The molecule has 1 aromatic heterocycles. The maximum Gasteiger partial charge on any atom is 0.258 e. The lowest BCUT2D eigenvalue weighted by atomic mass is 10.0. The van der Waals surface area contributed by atoms with Gasteiger partial charge >= 0.3 is 0 Å². The monoisotopic (exact) mass is 349 g/mol. The Morgan fingerprint density at radius 3 is 2.77 bits per heavy atom. The number of aromatic nitrogens is 2. The lowest BCUT2D eigenvalue weighted by Crippen LogP contribution is -2.06. The number of benzene rings is 1. The number of nitriles is 1. The zero-order chi connectivity index (χ0) is 18.7. The zero-order valence-corrected chi connectivity index (χ0v) is 15.7. The highest BCUT2D eigenvalue weighted by molar-refractivity contribution is 5.77. The first kappa shape index (κ1) is 17.9. The molecule has 0 aliphatic heterocycles. The van der Waals surface area contributed by atoms with Crippen LogP contribution < -0.4 is 4.74 Å². The molecule has 0 saturated heterocycles. The highest BCUT2D eigenvalue weighted by atomic mass is 16.5. The fraction of sp³-hybridized carbons (Fsp3) is 0.381. The number of ether oxygens (including phenoxy) is 1. The molecule has 0 saturated carbocycles. The van der Waals surface area contributed by atoms with Gasteiger partial charge in [0.25, 0.3) is 5.89 Å². The van der Waals surface area contributed by atoms with Crippen LogP contribution in [0, 0.1) is 11.3 Å². The van der Waals surface area contributed by atoms with Crippen LogP contribution in [0.2, 0.25) is 0 Å². The molecule has 5 nitrogen and oxygen atoms in total. The average Bonchev–Trinajstić information content (AvgIpc) is 3.26. The van der Waals surface area contributed by atoms with Gasteiger partial charge in [-0.2, -0.15) is 10.2 Å². The van der Waals surface area contributed by atoms with Crippen LogP contribution in [0.4, 0.5) is 0 Å². The molecule has 3 rings (SSSR count). The second-order valence-corrected chi connectivity index (χ2v) is 6.73. The predicted octanol–water partition coefficient (Wildman–Crippen LogP) is 5.30. The third-order valence-electron chi connectivity index (χ3n) is 4.48. The van der Waals surface area contributed by atoms with Gasteiger partial charge in [-0.3, -0.25) is 0 Å². The van der Waals surface area contributed by atoms with Crippen LogP contribution in [-0.2, 0) is 0 Å². The molecule has 2 aromatic rings. The van der Waals surface area contributed by atoms with Crippen molar-refractivity contribution in [2.75, 3.05) is 0 Å². The molecule has 134 valence electrons. The van der Waals surface area contributed by atoms with E-state index >= 15 is 0 Å². The van der Waals surface area contributed by atoms with Gasteiger partial charge in [-0.05, 0) is 70.7 Å². The normalized spacial score (nSPS) is 14.8. The standard InChI is InChI=1S/C21H23N3O2/c1-5-17(18-8-6-7-14(18)4)20-23-21(26-24-20)15-9-10-19(25-13(2)3)16(11-15)12-22/h5,9-11,13H,6-8H2,1-4H3/b17-5+. The second kappa shape index (κ2) is 7.57. The molecule has 26 heavy (non-hydrogen) atoms. The van der Waals surface area contributed by atoms with E-state index in [0.717, 1.165) is 18.4 Å². The van der Waals surface area contributed by atoms with Gasteiger partial charge in [0.15, 0.2) is 0 Å². The molecule has 0 N–H and O–H groups in total. The highest BCUT2D eigenvalue weighted by Gasteiger charge is 2.20. The summed E-state index contributed by atoms with van der Waals surface area (Å²) < 4.78 is 11.1. The van der Waals surface area contributed by atoms with Gasteiger partial charge in [-0.25, -0.2) is 0 Å². The minimum Gasteiger partial charge on any atom is -0.490 e. The lowest BCUT2D eigenvalue weighted by Gasteiger charge is -2.11. The summed E-state index contributed by atoms with van der Waals surface area (Å²) in [6, 6.07) is 7.51. The van der Waals surface area contributed by atoms with Crippen LogP contribution in [0.3, 0.4) is 0 Å². The van der Waals surface area contributed by atoms with E-state index in [1.165, 1.54) is 17.6 Å². The maximum atomic E-state index is 9.40. The Kier molecular flexibility index (Phi) is 5.22. The van der Waals surface area contributed by atoms with E-state index in [1.54, 1.807) is 12.1 Å². The van der Waals surface area contributed by atoms with E-state index in [9.17, 15) is 5.26 Å². The molecule has 0 spiro atoms. The first-order valence-electron chi connectivity index (χ1n) is 8.94. The van der Waals surface area contributed by atoms with E-state index in [1.807, 2.05) is 32.9 Å². The van der Waals surface area contributed by atoms with Crippen molar-refractivity contribution in [1.29, 1.82) is 5.26 Å². The second-order valence-electron chi connectivity index (χ2n) is 6.73. The molecule has 1 aliphatic rings. The number of hydrogen-bond acceptors (Lipinski definition) is 5. The summed E-state index contributed by atoms with van der Waals surface area (Å²) >= 11 is 0. The molecule has 0 radical (unpaired) electrons.